The van der Waals surface area contributed by atoms with Gasteiger partial charge in [-0.25, -0.2) is 0 Å². The van der Waals surface area contributed by atoms with Gasteiger partial charge in [-0.15, -0.1) is 0 Å². The van der Waals surface area contributed by atoms with Crippen molar-refractivity contribution in [3.8, 4) is 11.5 Å². The molecule has 7 heteroatoms. The van der Waals surface area contributed by atoms with E-state index in [1.54, 1.807) is 31.4 Å². The van der Waals surface area contributed by atoms with Gasteiger partial charge >= 0.3 is 0 Å². The molecule has 1 N–H and O–H groups in total. The van der Waals surface area contributed by atoms with Crippen molar-refractivity contribution >= 4 is 29.1 Å². The van der Waals surface area contributed by atoms with E-state index >= 15 is 0 Å². The van der Waals surface area contributed by atoms with Gasteiger partial charge in [0, 0.05) is 24.6 Å². The summed E-state index contributed by atoms with van der Waals surface area (Å²) in [5.74, 6) is 0.612. The summed E-state index contributed by atoms with van der Waals surface area (Å²) in [5.41, 5.74) is 1.49. The minimum absolute atomic E-state index is 0.0593. The fourth-order valence-corrected chi connectivity index (χ4v) is 2.79. The van der Waals surface area contributed by atoms with Crippen molar-refractivity contribution in [2.75, 3.05) is 32.6 Å². The summed E-state index contributed by atoms with van der Waals surface area (Å²) in [5, 5.41) is 3.41. The summed E-state index contributed by atoms with van der Waals surface area (Å²) in [6.45, 7) is 1.80. The number of methoxy groups -OCH3 is 2. The number of hydrogen-bond donors (Lipinski definition) is 1. The van der Waals surface area contributed by atoms with E-state index in [9.17, 15) is 9.59 Å². The Hall–Kier alpha value is -2.73. The third-order valence-corrected chi connectivity index (χ3v) is 4.26. The number of rotatable bonds is 8. The molecule has 0 aliphatic rings. The second-order valence-electron chi connectivity index (χ2n) is 5.93. The van der Waals surface area contributed by atoms with E-state index in [4.69, 9.17) is 21.1 Å². The Balaban J connectivity index is 2.01. The van der Waals surface area contributed by atoms with Crippen molar-refractivity contribution in [1.29, 1.82) is 0 Å². The lowest BCUT2D eigenvalue weighted by molar-refractivity contribution is -0.132. The van der Waals surface area contributed by atoms with Crippen molar-refractivity contribution in [1.82, 2.24) is 4.90 Å². The van der Waals surface area contributed by atoms with Crippen LogP contribution in [-0.2, 0) is 16.0 Å². The number of carbonyl (C=O) groups is 2. The number of carbonyl (C=O) groups excluding carboxylic acids is 2. The molecule has 0 atom stereocenters. The SMILES string of the molecule is COc1ccc(OC)c(NC(=O)CN(CCc2cccc(Cl)c2)C(C)=O)c1. The van der Waals surface area contributed by atoms with Crippen LogP contribution in [0.3, 0.4) is 0 Å². The second kappa shape index (κ2) is 9.83. The highest BCUT2D eigenvalue weighted by Gasteiger charge is 2.16. The zero-order chi connectivity index (χ0) is 19.8. The fraction of sp³-hybridized carbons (Fsp3) is 0.300. The predicted molar refractivity (Wildman–Crippen MR) is 106 cm³/mol. The first-order valence-electron chi connectivity index (χ1n) is 8.44. The van der Waals surface area contributed by atoms with Gasteiger partial charge in [0.2, 0.25) is 11.8 Å². The Bertz CT molecular complexity index is 810. The molecule has 0 aliphatic carbocycles. The quantitative estimate of drug-likeness (QED) is 0.750. The summed E-state index contributed by atoms with van der Waals surface area (Å²) in [4.78, 5) is 25.8. The average Bonchev–Trinajstić information content (AvgIpc) is 2.64. The van der Waals surface area contributed by atoms with Gasteiger partial charge in [0.25, 0.3) is 0 Å². The predicted octanol–water partition coefficient (Wildman–Crippen LogP) is 3.39. The van der Waals surface area contributed by atoms with Gasteiger partial charge in [0.15, 0.2) is 0 Å². The third-order valence-electron chi connectivity index (χ3n) is 4.02. The standard InChI is InChI=1S/C20H23ClN2O4/c1-14(24)23(10-9-15-5-4-6-16(21)11-15)13-20(25)22-18-12-17(26-2)7-8-19(18)27-3/h4-8,11-12H,9-10,13H2,1-3H3,(H,22,25). The molecule has 0 radical (unpaired) electrons. The van der Waals surface area contributed by atoms with E-state index in [0.29, 0.717) is 35.2 Å². The molecule has 6 nitrogen and oxygen atoms in total. The highest BCUT2D eigenvalue weighted by atomic mass is 35.5. The molecule has 0 saturated heterocycles. The number of anilines is 1. The minimum atomic E-state index is -0.317. The van der Waals surface area contributed by atoms with Gasteiger partial charge in [-0.05, 0) is 36.2 Å². The van der Waals surface area contributed by atoms with Crippen LogP contribution in [0.25, 0.3) is 0 Å². The van der Waals surface area contributed by atoms with E-state index in [1.807, 2.05) is 18.2 Å². The molecule has 0 bridgehead atoms. The van der Waals surface area contributed by atoms with Gasteiger partial charge in [0.05, 0.1) is 26.5 Å². The number of halogens is 1. The molecule has 0 aliphatic heterocycles. The van der Waals surface area contributed by atoms with E-state index in [2.05, 4.69) is 5.32 Å². The summed E-state index contributed by atoms with van der Waals surface area (Å²) in [7, 11) is 3.06. The van der Waals surface area contributed by atoms with Gasteiger partial charge in [-0.1, -0.05) is 23.7 Å². The Kier molecular flexibility index (Phi) is 7.49. The number of ether oxygens (including phenoxy) is 2. The third kappa shape index (κ3) is 6.18. The minimum Gasteiger partial charge on any atom is -0.497 e. The summed E-state index contributed by atoms with van der Waals surface area (Å²) < 4.78 is 10.4. The first-order valence-corrected chi connectivity index (χ1v) is 8.82. The fourth-order valence-electron chi connectivity index (χ4n) is 2.58. The Morgan fingerprint density at radius 2 is 1.89 bits per heavy atom. The molecular weight excluding hydrogens is 368 g/mol. The second-order valence-corrected chi connectivity index (χ2v) is 6.37. The van der Waals surface area contributed by atoms with Crippen LogP contribution in [0.4, 0.5) is 5.69 Å². The monoisotopic (exact) mass is 390 g/mol. The molecule has 2 amide bonds. The highest BCUT2D eigenvalue weighted by Crippen LogP contribution is 2.28. The molecule has 0 spiro atoms. The molecule has 0 unspecified atom stereocenters. The number of hydrogen-bond acceptors (Lipinski definition) is 4. The molecule has 0 saturated carbocycles. The number of nitrogens with one attached hydrogen (secondary N) is 1. The lowest BCUT2D eigenvalue weighted by Gasteiger charge is -2.21. The van der Waals surface area contributed by atoms with Gasteiger partial charge < -0.3 is 19.7 Å². The van der Waals surface area contributed by atoms with Crippen LogP contribution in [0.2, 0.25) is 5.02 Å². The molecule has 0 aromatic heterocycles. The van der Waals surface area contributed by atoms with Crippen LogP contribution in [-0.4, -0.2) is 44.0 Å². The molecule has 2 aromatic rings. The summed E-state index contributed by atoms with van der Waals surface area (Å²) in [6, 6.07) is 12.5. The molecule has 27 heavy (non-hydrogen) atoms. The molecule has 2 aromatic carbocycles. The molecule has 144 valence electrons. The lowest BCUT2D eigenvalue weighted by Crippen LogP contribution is -2.38. The first-order chi connectivity index (χ1) is 12.9. The maximum atomic E-state index is 12.4. The van der Waals surface area contributed by atoms with Crippen molar-refractivity contribution in [3.05, 3.63) is 53.1 Å². The highest BCUT2D eigenvalue weighted by molar-refractivity contribution is 6.30. The normalized spacial score (nSPS) is 10.2. The van der Waals surface area contributed by atoms with Crippen LogP contribution in [0.5, 0.6) is 11.5 Å². The Morgan fingerprint density at radius 3 is 2.52 bits per heavy atom. The summed E-state index contributed by atoms with van der Waals surface area (Å²) >= 11 is 5.98. The van der Waals surface area contributed by atoms with Crippen molar-refractivity contribution in [2.24, 2.45) is 0 Å². The van der Waals surface area contributed by atoms with Crippen LogP contribution in [0.1, 0.15) is 12.5 Å². The molecule has 0 heterocycles. The van der Waals surface area contributed by atoms with Crippen LogP contribution in [0, 0.1) is 0 Å². The molecule has 0 fully saturated rings. The average molecular weight is 391 g/mol. The van der Waals surface area contributed by atoms with E-state index in [0.717, 1.165) is 5.56 Å². The Morgan fingerprint density at radius 1 is 1.11 bits per heavy atom. The van der Waals surface area contributed by atoms with E-state index in [-0.39, 0.29) is 18.4 Å². The zero-order valence-electron chi connectivity index (χ0n) is 15.6. The number of benzene rings is 2. The van der Waals surface area contributed by atoms with Gasteiger partial charge in [-0.3, -0.25) is 9.59 Å². The van der Waals surface area contributed by atoms with Gasteiger partial charge in [-0.2, -0.15) is 0 Å². The molecular formula is C20H23ClN2O4. The maximum absolute atomic E-state index is 12.4. The number of nitrogens with zero attached hydrogens (tertiary/aromatic N) is 1. The van der Waals surface area contributed by atoms with Crippen LogP contribution in [0.15, 0.2) is 42.5 Å². The van der Waals surface area contributed by atoms with Crippen molar-refractivity contribution in [3.63, 3.8) is 0 Å². The van der Waals surface area contributed by atoms with E-state index < -0.39 is 0 Å². The smallest absolute Gasteiger partial charge is 0.244 e. The topological polar surface area (TPSA) is 67.9 Å². The largest absolute Gasteiger partial charge is 0.497 e. The summed E-state index contributed by atoms with van der Waals surface area (Å²) in [6.07, 6.45) is 0.607. The lowest BCUT2D eigenvalue weighted by atomic mass is 10.1. The van der Waals surface area contributed by atoms with Crippen LogP contribution < -0.4 is 14.8 Å². The van der Waals surface area contributed by atoms with Crippen molar-refractivity contribution < 1.29 is 19.1 Å². The maximum Gasteiger partial charge on any atom is 0.244 e. The molecule has 2 rings (SSSR count). The Labute approximate surface area is 164 Å². The van der Waals surface area contributed by atoms with Crippen molar-refractivity contribution in [2.45, 2.75) is 13.3 Å². The van der Waals surface area contributed by atoms with Crippen LogP contribution >= 0.6 is 11.6 Å². The zero-order valence-corrected chi connectivity index (χ0v) is 16.4. The number of amides is 2. The first kappa shape index (κ1) is 20.6. The van der Waals surface area contributed by atoms with E-state index in [1.165, 1.54) is 18.9 Å². The van der Waals surface area contributed by atoms with Gasteiger partial charge in [0.1, 0.15) is 11.5 Å².